The molecule has 59 heavy (non-hydrogen) atoms. The zero-order chi connectivity index (χ0) is 45.1. The molecule has 0 aliphatic carbocycles. The van der Waals surface area contributed by atoms with Gasteiger partial charge in [0.1, 0.15) is 30.2 Å². The topological polar surface area (TPSA) is 474 Å². The number of carbonyl (C=O) groups excluding carboxylic acids is 7. The summed E-state index contributed by atoms with van der Waals surface area (Å²) in [6.07, 6.45) is 1.45. The fourth-order valence-electron chi connectivity index (χ4n) is 4.88. The average Bonchev–Trinajstić information content (AvgIpc) is 3.14. The lowest BCUT2D eigenvalue weighted by Gasteiger charge is -2.26. The van der Waals surface area contributed by atoms with E-state index in [9.17, 15) is 43.5 Å². The van der Waals surface area contributed by atoms with Crippen molar-refractivity contribution < 1.29 is 43.5 Å². The van der Waals surface area contributed by atoms with E-state index in [1.165, 1.54) is 18.7 Å². The molecule has 6 atom stereocenters. The molecule has 27 heteroatoms. The molecule has 0 rings (SSSR count). The number of nitrogens with one attached hydrogen (secondary N) is 6. The first-order chi connectivity index (χ1) is 27.7. The number of carboxylic acid groups (broad SMARTS) is 1. The maximum atomic E-state index is 13.8. The van der Waals surface area contributed by atoms with E-state index in [4.69, 9.17) is 45.9 Å². The van der Waals surface area contributed by atoms with Crippen LogP contribution in [0.3, 0.4) is 0 Å². The summed E-state index contributed by atoms with van der Waals surface area (Å²) in [5.41, 5.74) is 43.2. The van der Waals surface area contributed by atoms with Crippen LogP contribution in [0.25, 0.3) is 0 Å². The molecule has 0 aliphatic heterocycles. The Labute approximate surface area is 345 Å². The molecule has 0 spiro atoms. The second kappa shape index (κ2) is 29.1. The normalized spacial score (nSPS) is 13.6. The van der Waals surface area contributed by atoms with E-state index >= 15 is 0 Å². The summed E-state index contributed by atoms with van der Waals surface area (Å²) in [7, 11) is 0. The van der Waals surface area contributed by atoms with Crippen LogP contribution in [-0.2, 0) is 38.4 Å². The lowest BCUT2D eigenvalue weighted by molar-refractivity contribution is -0.142. The van der Waals surface area contributed by atoms with E-state index in [0.717, 1.165) is 0 Å². The van der Waals surface area contributed by atoms with Gasteiger partial charge in [-0.1, -0.05) is 0 Å². The minimum atomic E-state index is -1.62. The summed E-state index contributed by atoms with van der Waals surface area (Å²) in [4.78, 5) is 114. The summed E-state index contributed by atoms with van der Waals surface area (Å²) in [5.74, 6) is -7.68. The number of primary amides is 1. The summed E-state index contributed by atoms with van der Waals surface area (Å²) in [6, 6.07) is -7.83. The van der Waals surface area contributed by atoms with E-state index in [2.05, 4.69) is 46.9 Å². The number of carboxylic acids is 1. The third kappa shape index (κ3) is 25.0. The second-order valence-corrected chi connectivity index (χ2v) is 14.0. The van der Waals surface area contributed by atoms with Crippen LogP contribution in [0.5, 0.6) is 0 Å². The number of hydrogen-bond acceptors (Lipinski definition) is 13. The fourth-order valence-corrected chi connectivity index (χ4v) is 5.35. The Bertz CT molecular complexity index is 1520. The molecular formula is C32H61N17O9S. The monoisotopic (exact) mass is 859 g/mol. The van der Waals surface area contributed by atoms with E-state index in [1.807, 2.05) is 0 Å². The molecule has 0 saturated heterocycles. The van der Waals surface area contributed by atoms with Crippen LogP contribution < -0.4 is 77.8 Å². The predicted molar refractivity (Wildman–Crippen MR) is 220 cm³/mol. The maximum absolute atomic E-state index is 13.8. The van der Waals surface area contributed by atoms with Crippen molar-refractivity contribution in [3.05, 3.63) is 0 Å². The number of carbonyl (C=O) groups is 8. The molecule has 334 valence electrons. The summed E-state index contributed by atoms with van der Waals surface area (Å²) in [5, 5.41) is 24.0. The zero-order valence-electron chi connectivity index (χ0n) is 33.2. The van der Waals surface area contributed by atoms with Crippen molar-refractivity contribution in [1.29, 1.82) is 0 Å². The molecule has 0 unspecified atom stereocenters. The highest BCUT2D eigenvalue weighted by atomic mass is 32.2. The van der Waals surface area contributed by atoms with Crippen LogP contribution in [0.2, 0.25) is 0 Å². The Kier molecular flexibility index (Phi) is 26.1. The quantitative estimate of drug-likeness (QED) is 0.0181. The van der Waals surface area contributed by atoms with Crippen molar-refractivity contribution in [2.75, 3.05) is 38.2 Å². The van der Waals surface area contributed by atoms with Crippen LogP contribution in [0.1, 0.15) is 58.3 Å². The van der Waals surface area contributed by atoms with E-state index in [-0.39, 0.29) is 82.5 Å². The molecule has 26 nitrogen and oxygen atoms in total. The van der Waals surface area contributed by atoms with Crippen LogP contribution >= 0.6 is 11.8 Å². The van der Waals surface area contributed by atoms with Gasteiger partial charge in [-0.15, -0.1) is 0 Å². The molecule has 0 fully saturated rings. The standard InChI is InChI=1S/C32H61N17O9S/c1-16(33)24(52)46-19(9-13-59-2)27(55)49-21(14-22(34)50)28(56)48-18(7-4-11-42-31(37)38)26(54)47-17(6-3-10-41-30(35)36)25(53)44-15-23(51)45-20(29(57)58)8-5-12-43-32(39)40/h16-21H,3-15,33H2,1-2H3,(H2,34,50)(H,44,53)(H,45,51)(H,46,52)(H,47,54)(H,48,56)(H,49,55)(H,57,58)(H4,35,36,41)(H4,37,38,42)(H4,39,40,43)/t16-,17-,18-,19-,20-,21-/m0/s1. The zero-order valence-corrected chi connectivity index (χ0v) is 34.1. The highest BCUT2D eigenvalue weighted by molar-refractivity contribution is 7.98. The number of aliphatic imine (C=N–C) groups is 3. The van der Waals surface area contributed by atoms with E-state index in [0.29, 0.717) is 5.75 Å². The molecule has 0 bridgehead atoms. The van der Waals surface area contributed by atoms with Crippen LogP contribution in [0.4, 0.5) is 0 Å². The number of thioether (sulfide) groups is 1. The van der Waals surface area contributed by atoms with Crippen molar-refractivity contribution in [2.45, 2.75) is 94.5 Å². The Morgan fingerprint density at radius 2 is 0.949 bits per heavy atom. The fraction of sp³-hybridized carbons (Fsp3) is 0.656. The largest absolute Gasteiger partial charge is 0.480 e. The molecule has 23 N–H and O–H groups in total. The first-order valence-electron chi connectivity index (χ1n) is 18.4. The van der Waals surface area contributed by atoms with Gasteiger partial charge in [-0.05, 0) is 63.9 Å². The lowest BCUT2D eigenvalue weighted by Crippen LogP contribution is -2.59. The Morgan fingerprint density at radius 1 is 0.559 bits per heavy atom. The van der Waals surface area contributed by atoms with Crippen molar-refractivity contribution in [3.8, 4) is 0 Å². The SMILES string of the molecule is CSCC[C@H](NC(=O)[C@H](C)N)C(=O)N[C@@H](CC(N)=O)C(=O)N[C@@H](CCCN=C(N)N)C(=O)N[C@@H](CCCN=C(N)N)C(=O)NCC(=O)N[C@@H](CCCN=C(N)N)C(=O)O. The van der Waals surface area contributed by atoms with Gasteiger partial charge in [0.05, 0.1) is 19.0 Å². The number of rotatable bonds is 30. The highest BCUT2D eigenvalue weighted by Crippen LogP contribution is 2.07. The van der Waals surface area contributed by atoms with Gasteiger partial charge >= 0.3 is 5.97 Å². The Morgan fingerprint density at radius 3 is 1.36 bits per heavy atom. The summed E-state index contributed by atoms with van der Waals surface area (Å²) in [6.45, 7) is 0.894. The van der Waals surface area contributed by atoms with Crippen LogP contribution in [0, 0.1) is 0 Å². The number of nitrogens with zero attached hydrogens (tertiary/aromatic N) is 3. The van der Waals surface area contributed by atoms with Crippen LogP contribution in [0.15, 0.2) is 15.0 Å². The smallest absolute Gasteiger partial charge is 0.326 e. The van der Waals surface area contributed by atoms with Gasteiger partial charge < -0.3 is 82.9 Å². The van der Waals surface area contributed by atoms with Gasteiger partial charge in [-0.2, -0.15) is 11.8 Å². The third-order valence-corrected chi connectivity index (χ3v) is 8.50. The number of guanidine groups is 3. The minimum absolute atomic E-state index is 0.0168. The highest BCUT2D eigenvalue weighted by Gasteiger charge is 2.32. The van der Waals surface area contributed by atoms with Crippen molar-refractivity contribution >= 4 is 77.0 Å². The van der Waals surface area contributed by atoms with Crippen molar-refractivity contribution in [3.63, 3.8) is 0 Å². The number of aliphatic carboxylic acids is 1. The molecule has 0 aromatic rings. The third-order valence-electron chi connectivity index (χ3n) is 7.85. The molecule has 0 heterocycles. The van der Waals surface area contributed by atoms with Gasteiger partial charge in [0, 0.05) is 19.6 Å². The van der Waals surface area contributed by atoms with E-state index in [1.54, 1.807) is 6.26 Å². The van der Waals surface area contributed by atoms with Crippen molar-refractivity contribution in [2.24, 2.45) is 60.8 Å². The van der Waals surface area contributed by atoms with E-state index < -0.39 is 96.5 Å². The molecular weight excluding hydrogens is 799 g/mol. The Balaban J connectivity index is 6.29. The number of amides is 7. The molecule has 0 aromatic heterocycles. The van der Waals surface area contributed by atoms with Gasteiger partial charge in [-0.3, -0.25) is 48.5 Å². The molecule has 0 aromatic carbocycles. The molecule has 0 aliphatic rings. The average molecular weight is 860 g/mol. The summed E-state index contributed by atoms with van der Waals surface area (Å²) < 4.78 is 0. The second-order valence-electron chi connectivity index (χ2n) is 13.0. The molecule has 0 saturated carbocycles. The van der Waals surface area contributed by atoms with Gasteiger partial charge in [0.25, 0.3) is 0 Å². The number of nitrogens with two attached hydrogens (primary N) is 8. The van der Waals surface area contributed by atoms with Crippen molar-refractivity contribution in [1.82, 2.24) is 31.9 Å². The molecule has 0 radical (unpaired) electrons. The van der Waals surface area contributed by atoms with Gasteiger partial charge in [-0.25, -0.2) is 4.79 Å². The predicted octanol–water partition coefficient (Wildman–Crippen LogP) is -7.25. The van der Waals surface area contributed by atoms with Gasteiger partial charge in [0.2, 0.25) is 41.4 Å². The first kappa shape index (κ1) is 52.9. The number of hydrogen-bond donors (Lipinski definition) is 15. The summed E-state index contributed by atoms with van der Waals surface area (Å²) >= 11 is 1.38. The minimum Gasteiger partial charge on any atom is -0.480 e. The van der Waals surface area contributed by atoms with Gasteiger partial charge in [0.15, 0.2) is 17.9 Å². The maximum Gasteiger partial charge on any atom is 0.326 e. The Hall–Kier alpha value is -6.12. The first-order valence-corrected chi connectivity index (χ1v) is 19.8. The van der Waals surface area contributed by atoms with Crippen LogP contribution in [-0.4, -0.2) is 145 Å². The molecule has 7 amide bonds. The lowest BCUT2D eigenvalue weighted by atomic mass is 10.1.